The fraction of sp³-hybridized carbons (Fsp3) is 0.529. The number of anilines is 1. The lowest BCUT2D eigenvalue weighted by atomic mass is 9.97. The lowest BCUT2D eigenvalue weighted by Crippen LogP contribution is -2.37. The van der Waals surface area contributed by atoms with Crippen molar-refractivity contribution in [1.29, 1.82) is 0 Å². The smallest absolute Gasteiger partial charge is 0.304 e. The van der Waals surface area contributed by atoms with E-state index in [9.17, 15) is 14.7 Å². The highest BCUT2D eigenvalue weighted by molar-refractivity contribution is 5.96. The monoisotopic (exact) mass is 303 g/mol. The zero-order chi connectivity index (χ0) is 15.7. The maximum Gasteiger partial charge on any atom is 0.304 e. The SMILES string of the molecule is O=C(O)CC1CN(C(=O)CC2(O)CCCC2)c2ccccc21. The standard InChI is InChI=1S/C17H21NO4/c19-15(10-17(22)7-3-4-8-17)18-11-12(9-16(20)21)13-5-1-2-6-14(13)18/h1-2,5-6,12,22H,3-4,7-11H2,(H,20,21). The van der Waals surface area contributed by atoms with Crippen LogP contribution in [0, 0.1) is 0 Å². The summed E-state index contributed by atoms with van der Waals surface area (Å²) in [5.74, 6) is -1.14. The molecule has 1 amide bonds. The van der Waals surface area contributed by atoms with Crippen LogP contribution in [0.25, 0.3) is 0 Å². The van der Waals surface area contributed by atoms with Crippen LogP contribution in [0.4, 0.5) is 5.69 Å². The van der Waals surface area contributed by atoms with E-state index < -0.39 is 11.6 Å². The number of benzene rings is 1. The Balaban J connectivity index is 1.79. The maximum absolute atomic E-state index is 12.6. The van der Waals surface area contributed by atoms with Gasteiger partial charge in [0.1, 0.15) is 0 Å². The Morgan fingerprint density at radius 2 is 1.91 bits per heavy atom. The summed E-state index contributed by atoms with van der Waals surface area (Å²) < 4.78 is 0. The summed E-state index contributed by atoms with van der Waals surface area (Å²) in [6.07, 6.45) is 3.41. The van der Waals surface area contributed by atoms with Crippen LogP contribution in [0.5, 0.6) is 0 Å². The van der Waals surface area contributed by atoms with Gasteiger partial charge in [-0.05, 0) is 24.5 Å². The fourth-order valence-electron chi connectivity index (χ4n) is 3.70. The fourth-order valence-corrected chi connectivity index (χ4v) is 3.70. The molecule has 2 aliphatic rings. The summed E-state index contributed by atoms with van der Waals surface area (Å²) in [4.78, 5) is 25.3. The van der Waals surface area contributed by atoms with Gasteiger partial charge in [-0.25, -0.2) is 0 Å². The van der Waals surface area contributed by atoms with Crippen molar-refractivity contribution in [2.24, 2.45) is 0 Å². The summed E-state index contributed by atoms with van der Waals surface area (Å²) in [5, 5.41) is 19.5. The van der Waals surface area contributed by atoms with Crippen LogP contribution < -0.4 is 4.90 Å². The summed E-state index contributed by atoms with van der Waals surface area (Å²) in [6.45, 7) is 0.389. The molecule has 22 heavy (non-hydrogen) atoms. The lowest BCUT2D eigenvalue weighted by molar-refractivity contribution is -0.137. The molecule has 0 spiro atoms. The van der Waals surface area contributed by atoms with E-state index in [2.05, 4.69) is 0 Å². The van der Waals surface area contributed by atoms with Gasteiger partial charge in [-0.3, -0.25) is 9.59 Å². The molecular weight excluding hydrogens is 282 g/mol. The van der Waals surface area contributed by atoms with E-state index in [0.29, 0.717) is 19.4 Å². The summed E-state index contributed by atoms with van der Waals surface area (Å²) in [6, 6.07) is 7.47. The third kappa shape index (κ3) is 2.86. The number of fused-ring (bicyclic) bond motifs is 1. The second kappa shape index (κ2) is 5.72. The molecular formula is C17H21NO4. The number of para-hydroxylation sites is 1. The molecule has 118 valence electrons. The Hall–Kier alpha value is -1.88. The molecule has 5 heteroatoms. The van der Waals surface area contributed by atoms with Crippen LogP contribution in [0.3, 0.4) is 0 Å². The number of aliphatic carboxylic acids is 1. The van der Waals surface area contributed by atoms with E-state index >= 15 is 0 Å². The predicted octanol–water partition coefficient (Wildman–Crippen LogP) is 2.29. The molecule has 1 fully saturated rings. The predicted molar refractivity (Wildman–Crippen MR) is 81.8 cm³/mol. The van der Waals surface area contributed by atoms with Gasteiger partial charge in [-0.15, -0.1) is 0 Å². The summed E-state index contributed by atoms with van der Waals surface area (Å²) in [7, 11) is 0. The average Bonchev–Trinajstić information content (AvgIpc) is 3.03. The average molecular weight is 303 g/mol. The summed E-state index contributed by atoms with van der Waals surface area (Å²) >= 11 is 0. The molecule has 1 heterocycles. The molecule has 1 atom stereocenters. The molecule has 1 aliphatic carbocycles. The minimum absolute atomic E-state index is 0.0189. The number of nitrogens with zero attached hydrogens (tertiary/aromatic N) is 1. The number of carbonyl (C=O) groups excluding carboxylic acids is 1. The van der Waals surface area contributed by atoms with Crippen molar-refractivity contribution in [2.45, 2.75) is 50.0 Å². The first-order chi connectivity index (χ1) is 10.5. The minimum Gasteiger partial charge on any atom is -0.481 e. The van der Waals surface area contributed by atoms with Crippen LogP contribution in [-0.4, -0.2) is 34.2 Å². The number of carboxylic acids is 1. The van der Waals surface area contributed by atoms with E-state index in [1.165, 1.54) is 0 Å². The number of carbonyl (C=O) groups is 2. The van der Waals surface area contributed by atoms with Crippen molar-refractivity contribution in [3.63, 3.8) is 0 Å². The number of aliphatic hydroxyl groups is 1. The Bertz CT molecular complexity index is 592. The highest BCUT2D eigenvalue weighted by atomic mass is 16.4. The van der Waals surface area contributed by atoms with Gasteiger partial charge in [0.25, 0.3) is 0 Å². The Labute approximate surface area is 129 Å². The molecule has 1 aliphatic heterocycles. The van der Waals surface area contributed by atoms with E-state index in [-0.39, 0.29) is 24.7 Å². The number of amides is 1. The molecule has 5 nitrogen and oxygen atoms in total. The highest BCUT2D eigenvalue weighted by Crippen LogP contribution is 2.40. The second-order valence-electron chi connectivity index (χ2n) is 6.47. The number of hydrogen-bond acceptors (Lipinski definition) is 3. The van der Waals surface area contributed by atoms with Crippen molar-refractivity contribution in [3.8, 4) is 0 Å². The number of rotatable bonds is 4. The third-order valence-corrected chi connectivity index (χ3v) is 4.81. The van der Waals surface area contributed by atoms with Crippen LogP contribution >= 0.6 is 0 Å². The van der Waals surface area contributed by atoms with Gasteiger partial charge < -0.3 is 15.1 Å². The normalized spacial score (nSPS) is 22.6. The topological polar surface area (TPSA) is 77.8 Å². The van der Waals surface area contributed by atoms with Gasteiger partial charge in [0, 0.05) is 18.2 Å². The van der Waals surface area contributed by atoms with Crippen molar-refractivity contribution in [1.82, 2.24) is 0 Å². The Morgan fingerprint density at radius 1 is 1.23 bits per heavy atom. The molecule has 1 aromatic rings. The molecule has 3 rings (SSSR count). The van der Waals surface area contributed by atoms with Gasteiger partial charge >= 0.3 is 5.97 Å². The van der Waals surface area contributed by atoms with Gasteiger partial charge in [-0.1, -0.05) is 31.0 Å². The Morgan fingerprint density at radius 3 is 2.59 bits per heavy atom. The van der Waals surface area contributed by atoms with Crippen molar-refractivity contribution in [2.75, 3.05) is 11.4 Å². The first-order valence-corrected chi connectivity index (χ1v) is 7.82. The molecule has 0 bridgehead atoms. The zero-order valence-corrected chi connectivity index (χ0v) is 12.5. The van der Waals surface area contributed by atoms with E-state index in [1.54, 1.807) is 4.90 Å². The third-order valence-electron chi connectivity index (χ3n) is 4.81. The lowest BCUT2D eigenvalue weighted by Gasteiger charge is -2.25. The van der Waals surface area contributed by atoms with Crippen LogP contribution in [0.1, 0.15) is 50.0 Å². The molecule has 1 aromatic carbocycles. The van der Waals surface area contributed by atoms with Gasteiger partial charge in [0.15, 0.2) is 0 Å². The second-order valence-corrected chi connectivity index (χ2v) is 6.47. The van der Waals surface area contributed by atoms with Crippen molar-refractivity contribution < 1.29 is 19.8 Å². The summed E-state index contributed by atoms with van der Waals surface area (Å²) in [5.41, 5.74) is 0.827. The first-order valence-electron chi connectivity index (χ1n) is 7.82. The molecule has 1 saturated carbocycles. The minimum atomic E-state index is -0.878. The van der Waals surface area contributed by atoms with Crippen molar-refractivity contribution >= 4 is 17.6 Å². The number of carboxylic acid groups (broad SMARTS) is 1. The maximum atomic E-state index is 12.6. The van der Waals surface area contributed by atoms with Crippen LogP contribution in [0.2, 0.25) is 0 Å². The molecule has 0 aromatic heterocycles. The molecule has 2 N–H and O–H groups in total. The van der Waals surface area contributed by atoms with Crippen molar-refractivity contribution in [3.05, 3.63) is 29.8 Å². The van der Waals surface area contributed by atoms with E-state index in [0.717, 1.165) is 24.1 Å². The zero-order valence-electron chi connectivity index (χ0n) is 12.5. The van der Waals surface area contributed by atoms with E-state index in [1.807, 2.05) is 24.3 Å². The molecule has 0 saturated heterocycles. The van der Waals surface area contributed by atoms with Gasteiger partial charge in [0.2, 0.25) is 5.91 Å². The quantitative estimate of drug-likeness (QED) is 0.894. The molecule has 0 radical (unpaired) electrons. The Kier molecular flexibility index (Phi) is 3.91. The largest absolute Gasteiger partial charge is 0.481 e. The van der Waals surface area contributed by atoms with Crippen LogP contribution in [-0.2, 0) is 9.59 Å². The number of hydrogen-bond donors (Lipinski definition) is 2. The van der Waals surface area contributed by atoms with Gasteiger partial charge in [-0.2, -0.15) is 0 Å². The molecule has 1 unspecified atom stereocenters. The van der Waals surface area contributed by atoms with E-state index in [4.69, 9.17) is 5.11 Å². The van der Waals surface area contributed by atoms with Crippen LogP contribution in [0.15, 0.2) is 24.3 Å². The first kappa shape index (κ1) is 15.0. The highest BCUT2D eigenvalue weighted by Gasteiger charge is 2.38. The van der Waals surface area contributed by atoms with Gasteiger partial charge in [0.05, 0.1) is 18.4 Å².